The van der Waals surface area contributed by atoms with Crippen LogP contribution < -0.4 is 11.1 Å². The van der Waals surface area contributed by atoms with Gasteiger partial charge in [0.15, 0.2) is 0 Å². The number of amides is 1. The average molecular weight is 260 g/mol. The van der Waals surface area contributed by atoms with Crippen LogP contribution in [0.4, 0.5) is 5.69 Å². The quantitative estimate of drug-likeness (QED) is 0.830. The number of nitrogens with two attached hydrogens (primary N) is 1. The molecule has 3 nitrogen and oxygen atoms in total. The van der Waals surface area contributed by atoms with Gasteiger partial charge in [-0.25, -0.2) is 0 Å². The van der Waals surface area contributed by atoms with Gasteiger partial charge in [0.1, 0.15) is 0 Å². The van der Waals surface area contributed by atoms with Gasteiger partial charge in [0.05, 0.1) is 6.42 Å². The van der Waals surface area contributed by atoms with Gasteiger partial charge in [0, 0.05) is 12.2 Å². The van der Waals surface area contributed by atoms with Gasteiger partial charge < -0.3 is 11.1 Å². The monoisotopic (exact) mass is 260 g/mol. The van der Waals surface area contributed by atoms with Gasteiger partial charge in [-0.2, -0.15) is 11.3 Å². The van der Waals surface area contributed by atoms with Gasteiger partial charge >= 0.3 is 0 Å². The lowest BCUT2D eigenvalue weighted by atomic mass is 10.1. The summed E-state index contributed by atoms with van der Waals surface area (Å²) in [6, 6.07) is 7.41. The van der Waals surface area contributed by atoms with Gasteiger partial charge in [-0.1, -0.05) is 12.1 Å². The molecule has 0 atom stereocenters. The highest BCUT2D eigenvalue weighted by Crippen LogP contribution is 2.13. The van der Waals surface area contributed by atoms with E-state index in [0.29, 0.717) is 18.7 Å². The van der Waals surface area contributed by atoms with Crippen molar-refractivity contribution in [2.75, 3.05) is 5.73 Å². The molecule has 1 aromatic carbocycles. The maximum atomic E-state index is 11.8. The summed E-state index contributed by atoms with van der Waals surface area (Å²) in [5.41, 5.74) is 9.71. The van der Waals surface area contributed by atoms with Gasteiger partial charge in [-0.3, -0.25) is 4.79 Å². The average Bonchev–Trinajstić information content (AvgIpc) is 2.72. The van der Waals surface area contributed by atoms with E-state index in [9.17, 15) is 4.79 Å². The molecule has 18 heavy (non-hydrogen) atoms. The molecule has 0 aliphatic carbocycles. The summed E-state index contributed by atoms with van der Waals surface area (Å²) in [5, 5.41) is 7.07. The molecule has 94 valence electrons. The van der Waals surface area contributed by atoms with E-state index >= 15 is 0 Å². The van der Waals surface area contributed by atoms with Crippen molar-refractivity contribution in [3.63, 3.8) is 0 Å². The number of thiophene rings is 1. The fourth-order valence-electron chi connectivity index (χ4n) is 1.71. The summed E-state index contributed by atoms with van der Waals surface area (Å²) < 4.78 is 0. The van der Waals surface area contributed by atoms with Crippen molar-refractivity contribution in [1.82, 2.24) is 5.32 Å². The normalized spacial score (nSPS) is 10.3. The van der Waals surface area contributed by atoms with Crippen LogP contribution in [0.5, 0.6) is 0 Å². The third kappa shape index (κ3) is 3.34. The van der Waals surface area contributed by atoms with Crippen LogP contribution >= 0.6 is 11.3 Å². The van der Waals surface area contributed by atoms with E-state index in [0.717, 1.165) is 5.56 Å². The summed E-state index contributed by atoms with van der Waals surface area (Å²) in [4.78, 5) is 11.8. The Morgan fingerprint density at radius 3 is 2.89 bits per heavy atom. The van der Waals surface area contributed by atoms with Crippen molar-refractivity contribution < 1.29 is 4.79 Å². The van der Waals surface area contributed by atoms with Crippen LogP contribution in [0.15, 0.2) is 35.0 Å². The second-order valence-electron chi connectivity index (χ2n) is 4.28. The molecule has 0 saturated carbocycles. The molecule has 3 N–H and O–H groups in total. The third-order valence-corrected chi connectivity index (χ3v) is 3.66. The SMILES string of the molecule is Cc1cscc1CNC(=O)Cc1cccc(N)c1. The number of carbonyl (C=O) groups is 1. The minimum atomic E-state index is 0.0196. The predicted molar refractivity (Wildman–Crippen MR) is 75.5 cm³/mol. The largest absolute Gasteiger partial charge is 0.399 e. The molecule has 0 bridgehead atoms. The van der Waals surface area contributed by atoms with E-state index in [1.165, 1.54) is 11.1 Å². The Morgan fingerprint density at radius 1 is 1.39 bits per heavy atom. The molecule has 1 amide bonds. The minimum absolute atomic E-state index is 0.0196. The summed E-state index contributed by atoms with van der Waals surface area (Å²) in [6.07, 6.45) is 0.369. The number of carbonyl (C=O) groups excluding carboxylic acids is 1. The fraction of sp³-hybridized carbons (Fsp3) is 0.214. The first kappa shape index (κ1) is 12.6. The first-order valence-electron chi connectivity index (χ1n) is 5.78. The number of benzene rings is 1. The Morgan fingerprint density at radius 2 is 2.22 bits per heavy atom. The second-order valence-corrected chi connectivity index (χ2v) is 5.02. The second kappa shape index (κ2) is 5.69. The lowest BCUT2D eigenvalue weighted by molar-refractivity contribution is -0.120. The molecule has 2 aromatic rings. The predicted octanol–water partition coefficient (Wildman–Crippen LogP) is 2.50. The summed E-state index contributed by atoms with van der Waals surface area (Å²) in [5.74, 6) is 0.0196. The molecule has 2 rings (SSSR count). The fourth-order valence-corrected chi connectivity index (χ4v) is 2.57. The van der Waals surface area contributed by atoms with Crippen LogP contribution in [-0.2, 0) is 17.8 Å². The maximum Gasteiger partial charge on any atom is 0.224 e. The number of nitrogen functional groups attached to an aromatic ring is 1. The Hall–Kier alpha value is -1.81. The molecular weight excluding hydrogens is 244 g/mol. The zero-order chi connectivity index (χ0) is 13.0. The summed E-state index contributed by atoms with van der Waals surface area (Å²) >= 11 is 1.66. The van der Waals surface area contributed by atoms with Crippen molar-refractivity contribution in [3.8, 4) is 0 Å². The van der Waals surface area contributed by atoms with Crippen molar-refractivity contribution in [1.29, 1.82) is 0 Å². The highest BCUT2D eigenvalue weighted by molar-refractivity contribution is 7.08. The van der Waals surface area contributed by atoms with E-state index in [1.807, 2.05) is 24.3 Å². The third-order valence-electron chi connectivity index (χ3n) is 2.75. The van der Waals surface area contributed by atoms with Gasteiger partial charge in [-0.15, -0.1) is 0 Å². The maximum absolute atomic E-state index is 11.8. The molecular formula is C14H16N2OS. The lowest BCUT2D eigenvalue weighted by Gasteiger charge is -2.05. The first-order valence-corrected chi connectivity index (χ1v) is 6.72. The number of rotatable bonds is 4. The van der Waals surface area contributed by atoms with Crippen LogP contribution in [0, 0.1) is 6.92 Å². The Balaban J connectivity index is 1.88. The minimum Gasteiger partial charge on any atom is -0.399 e. The molecule has 0 aliphatic rings. The van der Waals surface area contributed by atoms with Crippen molar-refractivity contribution in [2.45, 2.75) is 19.9 Å². The molecule has 4 heteroatoms. The van der Waals surface area contributed by atoms with Crippen molar-refractivity contribution in [2.24, 2.45) is 0 Å². The number of hydrogen-bond acceptors (Lipinski definition) is 3. The van der Waals surface area contributed by atoms with E-state index in [-0.39, 0.29) is 5.91 Å². The molecule has 0 fully saturated rings. The first-order chi connectivity index (χ1) is 8.65. The van der Waals surface area contributed by atoms with Gasteiger partial charge in [-0.05, 0) is 46.5 Å². The highest BCUT2D eigenvalue weighted by atomic mass is 32.1. The number of anilines is 1. The highest BCUT2D eigenvalue weighted by Gasteiger charge is 2.05. The molecule has 1 aromatic heterocycles. The van der Waals surface area contributed by atoms with Crippen molar-refractivity contribution >= 4 is 22.9 Å². The zero-order valence-electron chi connectivity index (χ0n) is 10.3. The summed E-state index contributed by atoms with van der Waals surface area (Å²) in [7, 11) is 0. The van der Waals surface area contributed by atoms with Crippen LogP contribution in [0.3, 0.4) is 0 Å². The molecule has 0 aliphatic heterocycles. The van der Waals surface area contributed by atoms with Crippen molar-refractivity contribution in [3.05, 3.63) is 51.7 Å². The molecule has 0 unspecified atom stereocenters. The lowest BCUT2D eigenvalue weighted by Crippen LogP contribution is -2.24. The van der Waals surface area contributed by atoms with E-state index in [2.05, 4.69) is 23.0 Å². The van der Waals surface area contributed by atoms with Crippen LogP contribution in [0.2, 0.25) is 0 Å². The Kier molecular flexibility index (Phi) is 3.99. The van der Waals surface area contributed by atoms with Gasteiger partial charge in [0.25, 0.3) is 0 Å². The zero-order valence-corrected chi connectivity index (χ0v) is 11.1. The summed E-state index contributed by atoms with van der Waals surface area (Å²) in [6.45, 7) is 2.65. The van der Waals surface area contributed by atoms with E-state index in [1.54, 1.807) is 11.3 Å². The van der Waals surface area contributed by atoms with E-state index < -0.39 is 0 Å². The molecule has 0 saturated heterocycles. The van der Waals surface area contributed by atoms with Crippen LogP contribution in [0.1, 0.15) is 16.7 Å². The number of nitrogens with one attached hydrogen (secondary N) is 1. The number of aryl methyl sites for hydroxylation is 1. The molecule has 0 radical (unpaired) electrons. The van der Waals surface area contributed by atoms with E-state index in [4.69, 9.17) is 5.73 Å². The standard InChI is InChI=1S/C14H16N2OS/c1-10-8-18-9-12(10)7-16-14(17)6-11-3-2-4-13(15)5-11/h2-5,8-9H,6-7,15H2,1H3,(H,16,17). The molecule has 0 spiro atoms. The Labute approximate surface area is 111 Å². The Bertz CT molecular complexity index is 548. The van der Waals surface area contributed by atoms with Crippen LogP contribution in [0.25, 0.3) is 0 Å². The smallest absolute Gasteiger partial charge is 0.224 e. The van der Waals surface area contributed by atoms with Crippen LogP contribution in [-0.4, -0.2) is 5.91 Å². The molecule has 1 heterocycles. The number of hydrogen-bond donors (Lipinski definition) is 2. The van der Waals surface area contributed by atoms with Gasteiger partial charge in [0.2, 0.25) is 5.91 Å². The topological polar surface area (TPSA) is 55.1 Å².